The van der Waals surface area contributed by atoms with E-state index in [0.717, 1.165) is 0 Å². The van der Waals surface area contributed by atoms with Crippen LogP contribution in [0.25, 0.3) is 11.0 Å². The van der Waals surface area contributed by atoms with Crippen LogP contribution < -0.4 is 5.56 Å². The second-order valence-corrected chi connectivity index (χ2v) is 7.11. The Balaban J connectivity index is 1.99. The maximum atomic E-state index is 12.6. The Morgan fingerprint density at radius 2 is 2.00 bits per heavy atom. The fourth-order valence-corrected chi connectivity index (χ4v) is 2.86. The van der Waals surface area contributed by atoms with Gasteiger partial charge in [-0.05, 0) is 26.8 Å². The predicted molar refractivity (Wildman–Crippen MR) is 93.2 cm³/mol. The zero-order valence-electron chi connectivity index (χ0n) is 13.8. The van der Waals surface area contributed by atoms with E-state index in [9.17, 15) is 9.90 Å². The molecule has 0 saturated heterocycles. The van der Waals surface area contributed by atoms with Crippen molar-refractivity contribution in [3.63, 3.8) is 0 Å². The number of hydrogen-bond donors (Lipinski definition) is 1. The van der Waals surface area contributed by atoms with Gasteiger partial charge < -0.3 is 5.11 Å². The molecule has 2 aromatic heterocycles. The summed E-state index contributed by atoms with van der Waals surface area (Å²) in [5, 5.41) is 15.6. The number of halogens is 1. The number of benzene rings is 1. The summed E-state index contributed by atoms with van der Waals surface area (Å²) >= 11 is 6.10. The molecule has 1 aromatic carbocycles. The average Bonchev–Trinajstić information content (AvgIpc) is 2.95. The van der Waals surface area contributed by atoms with Crippen molar-refractivity contribution in [2.24, 2.45) is 0 Å². The minimum absolute atomic E-state index is 0.0756. The molecule has 0 bridgehead atoms. The van der Waals surface area contributed by atoms with Crippen molar-refractivity contribution in [1.82, 2.24) is 19.3 Å². The number of aliphatic hydroxyl groups is 1. The summed E-state index contributed by atoms with van der Waals surface area (Å²) in [5.74, 6) is 0. The molecule has 0 amide bonds. The fourth-order valence-electron chi connectivity index (χ4n) is 2.60. The van der Waals surface area contributed by atoms with E-state index in [2.05, 4.69) is 10.1 Å². The predicted octanol–water partition coefficient (Wildman–Crippen LogP) is 2.74. The summed E-state index contributed by atoms with van der Waals surface area (Å²) in [5.41, 5.74) is 0.610. The number of aliphatic hydroxyl groups excluding tert-OH is 1. The number of aromatic nitrogens is 4. The van der Waals surface area contributed by atoms with Crippen LogP contribution in [0.3, 0.4) is 0 Å². The normalized spacial score (nSPS) is 13.4. The van der Waals surface area contributed by atoms with E-state index < -0.39 is 6.10 Å². The first kappa shape index (κ1) is 16.7. The average molecular weight is 347 g/mol. The molecule has 0 fully saturated rings. The quantitative estimate of drug-likeness (QED) is 0.791. The Hall–Kier alpha value is -2.18. The molecule has 1 unspecified atom stereocenters. The van der Waals surface area contributed by atoms with Gasteiger partial charge in [-0.15, -0.1) is 0 Å². The van der Waals surface area contributed by atoms with E-state index in [4.69, 9.17) is 11.6 Å². The van der Waals surface area contributed by atoms with E-state index in [1.54, 1.807) is 28.9 Å². The number of rotatable bonds is 3. The molecular formula is C17H19ClN4O2. The van der Waals surface area contributed by atoms with Crippen LogP contribution in [0, 0.1) is 0 Å². The molecule has 3 rings (SSSR count). The first-order valence-electron chi connectivity index (χ1n) is 7.65. The lowest BCUT2D eigenvalue weighted by molar-refractivity contribution is 0.155. The maximum Gasteiger partial charge on any atom is 0.264 e. The van der Waals surface area contributed by atoms with Crippen LogP contribution in [-0.4, -0.2) is 24.4 Å². The van der Waals surface area contributed by atoms with Crippen molar-refractivity contribution >= 4 is 22.6 Å². The highest BCUT2D eigenvalue weighted by atomic mass is 35.5. The van der Waals surface area contributed by atoms with Gasteiger partial charge in [0.15, 0.2) is 5.65 Å². The van der Waals surface area contributed by atoms with Crippen LogP contribution in [0.2, 0.25) is 5.02 Å². The molecule has 0 aliphatic carbocycles. The summed E-state index contributed by atoms with van der Waals surface area (Å²) < 4.78 is 3.10. The third-order valence-electron chi connectivity index (χ3n) is 3.82. The zero-order chi connectivity index (χ0) is 17.5. The van der Waals surface area contributed by atoms with Crippen LogP contribution >= 0.6 is 11.6 Å². The molecule has 1 atom stereocenters. The number of hydrogen-bond acceptors (Lipinski definition) is 4. The van der Waals surface area contributed by atoms with E-state index in [0.29, 0.717) is 21.6 Å². The SMILES string of the molecule is CC(C)(C)n1ncc2c(=O)n(CC(O)c3ccccc3Cl)cnc21. The Bertz CT molecular complexity index is 940. The van der Waals surface area contributed by atoms with Gasteiger partial charge in [0.25, 0.3) is 5.56 Å². The van der Waals surface area contributed by atoms with E-state index >= 15 is 0 Å². The van der Waals surface area contributed by atoms with Crippen LogP contribution in [0.5, 0.6) is 0 Å². The molecule has 0 saturated carbocycles. The highest BCUT2D eigenvalue weighted by Gasteiger charge is 2.20. The third-order valence-corrected chi connectivity index (χ3v) is 4.17. The molecule has 2 heterocycles. The van der Waals surface area contributed by atoms with Gasteiger partial charge in [-0.3, -0.25) is 9.36 Å². The molecule has 126 valence electrons. The molecule has 0 radical (unpaired) electrons. The fraction of sp³-hybridized carbons (Fsp3) is 0.353. The lowest BCUT2D eigenvalue weighted by atomic mass is 10.1. The molecule has 7 heteroatoms. The highest BCUT2D eigenvalue weighted by molar-refractivity contribution is 6.31. The minimum atomic E-state index is -0.895. The summed E-state index contributed by atoms with van der Waals surface area (Å²) in [6, 6.07) is 7.03. The lowest BCUT2D eigenvalue weighted by Crippen LogP contribution is -2.26. The Morgan fingerprint density at radius 3 is 2.67 bits per heavy atom. The van der Waals surface area contributed by atoms with Gasteiger partial charge >= 0.3 is 0 Å². The van der Waals surface area contributed by atoms with Crippen LogP contribution in [0.1, 0.15) is 32.4 Å². The van der Waals surface area contributed by atoms with Crippen LogP contribution in [-0.2, 0) is 12.1 Å². The maximum absolute atomic E-state index is 12.6. The first-order valence-corrected chi connectivity index (χ1v) is 8.03. The standard InChI is InChI=1S/C17H19ClN4O2/c1-17(2,3)22-15-12(8-20-22)16(24)21(10-19-15)9-14(23)11-6-4-5-7-13(11)18/h4-8,10,14,23H,9H2,1-3H3. The lowest BCUT2D eigenvalue weighted by Gasteiger charge is -2.19. The summed E-state index contributed by atoms with van der Waals surface area (Å²) in [7, 11) is 0. The van der Waals surface area contributed by atoms with Gasteiger partial charge in [-0.25, -0.2) is 9.67 Å². The van der Waals surface area contributed by atoms with E-state index in [1.165, 1.54) is 17.1 Å². The van der Waals surface area contributed by atoms with Gasteiger partial charge in [0.2, 0.25) is 0 Å². The molecule has 0 aliphatic rings. The van der Waals surface area contributed by atoms with Gasteiger partial charge in [-0.1, -0.05) is 29.8 Å². The van der Waals surface area contributed by atoms with Gasteiger partial charge in [0, 0.05) is 10.6 Å². The highest BCUT2D eigenvalue weighted by Crippen LogP contribution is 2.23. The monoisotopic (exact) mass is 346 g/mol. The van der Waals surface area contributed by atoms with E-state index in [-0.39, 0.29) is 17.6 Å². The van der Waals surface area contributed by atoms with Crippen LogP contribution in [0.4, 0.5) is 0 Å². The van der Waals surface area contributed by atoms with E-state index in [1.807, 2.05) is 20.8 Å². The molecular weight excluding hydrogens is 328 g/mol. The van der Waals surface area contributed by atoms with Crippen molar-refractivity contribution in [2.75, 3.05) is 0 Å². The summed E-state index contributed by atoms with van der Waals surface area (Å²) in [4.78, 5) is 17.0. The second-order valence-electron chi connectivity index (χ2n) is 6.70. The summed E-state index contributed by atoms with van der Waals surface area (Å²) in [6.07, 6.45) is 2.07. The Labute approximate surface area is 144 Å². The third kappa shape index (κ3) is 2.95. The van der Waals surface area contributed by atoms with Gasteiger partial charge in [-0.2, -0.15) is 5.10 Å². The Morgan fingerprint density at radius 1 is 1.29 bits per heavy atom. The largest absolute Gasteiger partial charge is 0.386 e. The minimum Gasteiger partial charge on any atom is -0.386 e. The second kappa shape index (κ2) is 6.03. The molecule has 1 N–H and O–H groups in total. The molecule has 6 nitrogen and oxygen atoms in total. The van der Waals surface area contributed by atoms with Gasteiger partial charge in [0.1, 0.15) is 11.7 Å². The van der Waals surface area contributed by atoms with Crippen molar-refractivity contribution in [3.05, 3.63) is 57.7 Å². The molecule has 0 spiro atoms. The van der Waals surface area contributed by atoms with Crippen molar-refractivity contribution in [2.45, 2.75) is 39.0 Å². The van der Waals surface area contributed by atoms with Crippen LogP contribution in [0.15, 0.2) is 41.6 Å². The van der Waals surface area contributed by atoms with Gasteiger partial charge in [0.05, 0.1) is 24.4 Å². The summed E-state index contributed by atoms with van der Waals surface area (Å²) in [6.45, 7) is 6.06. The molecule has 0 aliphatic heterocycles. The Kier molecular flexibility index (Phi) is 4.19. The van der Waals surface area contributed by atoms with Crippen molar-refractivity contribution in [1.29, 1.82) is 0 Å². The smallest absolute Gasteiger partial charge is 0.264 e. The molecule has 3 aromatic rings. The first-order chi connectivity index (χ1) is 11.3. The number of fused-ring (bicyclic) bond motifs is 1. The zero-order valence-corrected chi connectivity index (χ0v) is 14.5. The van der Waals surface area contributed by atoms with Crippen molar-refractivity contribution < 1.29 is 5.11 Å². The number of nitrogens with zero attached hydrogens (tertiary/aromatic N) is 4. The molecule has 24 heavy (non-hydrogen) atoms. The topological polar surface area (TPSA) is 72.9 Å². The van der Waals surface area contributed by atoms with Crippen molar-refractivity contribution in [3.8, 4) is 0 Å².